The molecule has 0 aliphatic rings. The van der Waals surface area contributed by atoms with Crippen LogP contribution in [0.3, 0.4) is 0 Å². The van der Waals surface area contributed by atoms with Crippen LogP contribution in [0.4, 0.5) is 0 Å². The molecule has 1 nitrogen and oxygen atoms in total. The summed E-state index contributed by atoms with van der Waals surface area (Å²) in [5.41, 5.74) is 2.24. The van der Waals surface area contributed by atoms with E-state index in [1.54, 1.807) is 0 Å². The molecule has 0 unspecified atom stereocenters. The fourth-order valence-electron chi connectivity index (χ4n) is 1.85. The smallest absolute Gasteiger partial charge is 0.0555 e. The Morgan fingerprint density at radius 3 is 2.67 bits per heavy atom. The minimum absolute atomic E-state index is 0.743. The number of para-hydroxylation sites is 1. The van der Waals surface area contributed by atoms with Crippen molar-refractivity contribution in [2.75, 3.05) is 0 Å². The van der Waals surface area contributed by atoms with E-state index in [9.17, 15) is 0 Å². The van der Waals surface area contributed by atoms with Gasteiger partial charge in [0.2, 0.25) is 0 Å². The van der Waals surface area contributed by atoms with Crippen LogP contribution in [0.15, 0.2) is 40.9 Å². The molecule has 3 rings (SSSR count). The first-order chi connectivity index (χ1) is 7.25. The normalized spacial score (nSPS) is 11.3. The van der Waals surface area contributed by atoms with E-state index < -0.39 is 0 Å². The molecule has 0 atom stereocenters. The van der Waals surface area contributed by atoms with Gasteiger partial charge in [-0.25, -0.2) is 0 Å². The molecule has 0 aliphatic carbocycles. The highest BCUT2D eigenvalue weighted by Gasteiger charge is 2.06. The van der Waals surface area contributed by atoms with Gasteiger partial charge in [-0.2, -0.15) is 0 Å². The maximum atomic E-state index is 6.08. The molecule has 0 saturated carbocycles. The number of aromatic nitrogens is 1. The molecule has 3 aromatic rings. The van der Waals surface area contributed by atoms with E-state index in [4.69, 9.17) is 11.6 Å². The van der Waals surface area contributed by atoms with Crippen molar-refractivity contribution in [1.82, 2.24) is 4.98 Å². The average Bonchev–Trinajstić information content (AvgIpc) is 2.57. The lowest BCUT2D eigenvalue weighted by molar-refractivity contribution is 1.54. The first-order valence-electron chi connectivity index (χ1n) is 4.61. The number of hydrogen-bond donors (Lipinski definition) is 1. The summed E-state index contributed by atoms with van der Waals surface area (Å²) < 4.78 is 0.920. The maximum Gasteiger partial charge on any atom is 0.0555 e. The summed E-state index contributed by atoms with van der Waals surface area (Å²) in [6, 6.07) is 12.2. The van der Waals surface area contributed by atoms with E-state index in [2.05, 4.69) is 33.0 Å². The van der Waals surface area contributed by atoms with Gasteiger partial charge >= 0.3 is 0 Å². The molecule has 0 bridgehead atoms. The van der Waals surface area contributed by atoms with Crippen LogP contribution in [-0.4, -0.2) is 4.98 Å². The number of H-pyrrole nitrogens is 1. The standard InChI is InChI=1S/C12H7BrClN/c13-9-6-12-8(5-10(9)14)7-3-1-2-4-11(7)15-12/h1-6,15H. The topological polar surface area (TPSA) is 15.8 Å². The van der Waals surface area contributed by atoms with E-state index in [1.165, 1.54) is 10.8 Å². The molecule has 74 valence electrons. The zero-order valence-corrected chi connectivity index (χ0v) is 10.1. The summed E-state index contributed by atoms with van der Waals surface area (Å²) in [6.07, 6.45) is 0. The summed E-state index contributed by atoms with van der Waals surface area (Å²) in [4.78, 5) is 3.36. The van der Waals surface area contributed by atoms with Crippen LogP contribution >= 0.6 is 27.5 Å². The Balaban J connectivity index is 2.56. The molecule has 0 amide bonds. The number of halogens is 2. The highest BCUT2D eigenvalue weighted by Crippen LogP contribution is 2.32. The summed E-state index contributed by atoms with van der Waals surface area (Å²) in [5, 5.41) is 3.12. The van der Waals surface area contributed by atoms with Crippen LogP contribution < -0.4 is 0 Å². The number of aromatic amines is 1. The zero-order chi connectivity index (χ0) is 10.4. The average molecular weight is 281 g/mol. The number of hydrogen-bond acceptors (Lipinski definition) is 0. The number of fused-ring (bicyclic) bond motifs is 3. The lowest BCUT2D eigenvalue weighted by Crippen LogP contribution is -1.70. The molecule has 0 fully saturated rings. The molecule has 1 heterocycles. The number of benzene rings is 2. The van der Waals surface area contributed by atoms with Gasteiger partial charge in [-0.05, 0) is 34.1 Å². The Morgan fingerprint density at radius 2 is 1.80 bits per heavy atom. The van der Waals surface area contributed by atoms with Gasteiger partial charge < -0.3 is 4.98 Å². The van der Waals surface area contributed by atoms with Gasteiger partial charge in [0.15, 0.2) is 0 Å². The summed E-state index contributed by atoms with van der Waals surface area (Å²) >= 11 is 9.51. The minimum Gasteiger partial charge on any atom is -0.354 e. The van der Waals surface area contributed by atoms with Crippen molar-refractivity contribution in [2.24, 2.45) is 0 Å². The monoisotopic (exact) mass is 279 g/mol. The van der Waals surface area contributed by atoms with Gasteiger partial charge in [0.25, 0.3) is 0 Å². The van der Waals surface area contributed by atoms with Crippen molar-refractivity contribution in [1.29, 1.82) is 0 Å². The third kappa shape index (κ3) is 1.36. The quantitative estimate of drug-likeness (QED) is 0.612. The molecule has 1 aromatic heterocycles. The SMILES string of the molecule is Clc1cc2c(cc1Br)[nH]c1ccccc12. The van der Waals surface area contributed by atoms with Gasteiger partial charge in [-0.15, -0.1) is 0 Å². The van der Waals surface area contributed by atoms with Crippen molar-refractivity contribution in [2.45, 2.75) is 0 Å². The lowest BCUT2D eigenvalue weighted by Gasteiger charge is -1.95. The Hall–Kier alpha value is -0.990. The Morgan fingerprint density at radius 1 is 1.00 bits per heavy atom. The second-order valence-electron chi connectivity index (χ2n) is 3.48. The van der Waals surface area contributed by atoms with Crippen molar-refractivity contribution in [3.05, 3.63) is 45.9 Å². The van der Waals surface area contributed by atoms with Crippen LogP contribution in [0.5, 0.6) is 0 Å². The molecular weight excluding hydrogens is 273 g/mol. The molecule has 3 heteroatoms. The first-order valence-corrected chi connectivity index (χ1v) is 5.78. The second-order valence-corrected chi connectivity index (χ2v) is 4.74. The van der Waals surface area contributed by atoms with Gasteiger partial charge in [0.1, 0.15) is 0 Å². The molecule has 1 N–H and O–H groups in total. The predicted molar refractivity (Wildman–Crippen MR) is 68.5 cm³/mol. The minimum atomic E-state index is 0.743. The van der Waals surface area contributed by atoms with Crippen LogP contribution in [0, 0.1) is 0 Å². The Bertz CT molecular complexity index is 657. The van der Waals surface area contributed by atoms with Crippen molar-refractivity contribution in [3.8, 4) is 0 Å². The van der Waals surface area contributed by atoms with Crippen LogP contribution in [0.1, 0.15) is 0 Å². The van der Waals surface area contributed by atoms with Gasteiger partial charge in [-0.1, -0.05) is 29.8 Å². The van der Waals surface area contributed by atoms with E-state index in [-0.39, 0.29) is 0 Å². The third-order valence-electron chi connectivity index (χ3n) is 2.55. The highest BCUT2D eigenvalue weighted by atomic mass is 79.9. The fourth-order valence-corrected chi connectivity index (χ4v) is 2.35. The largest absolute Gasteiger partial charge is 0.354 e. The van der Waals surface area contributed by atoms with Crippen molar-refractivity contribution in [3.63, 3.8) is 0 Å². The molecular formula is C12H7BrClN. The maximum absolute atomic E-state index is 6.08. The van der Waals surface area contributed by atoms with Crippen molar-refractivity contribution >= 4 is 49.3 Å². The first kappa shape index (κ1) is 9.25. The molecule has 15 heavy (non-hydrogen) atoms. The highest BCUT2D eigenvalue weighted by molar-refractivity contribution is 9.10. The van der Waals surface area contributed by atoms with E-state index in [0.717, 1.165) is 20.5 Å². The van der Waals surface area contributed by atoms with Gasteiger partial charge in [-0.3, -0.25) is 0 Å². The predicted octanol–water partition coefficient (Wildman–Crippen LogP) is 4.74. The Kier molecular flexibility index (Phi) is 2.01. The lowest BCUT2D eigenvalue weighted by atomic mass is 10.1. The summed E-state index contributed by atoms with van der Waals surface area (Å²) in [5.74, 6) is 0. The van der Waals surface area contributed by atoms with E-state index in [1.807, 2.05) is 24.3 Å². The zero-order valence-electron chi connectivity index (χ0n) is 7.72. The van der Waals surface area contributed by atoms with Crippen LogP contribution in [0.2, 0.25) is 5.02 Å². The van der Waals surface area contributed by atoms with E-state index in [0.29, 0.717) is 0 Å². The molecule has 0 spiro atoms. The number of nitrogens with one attached hydrogen (secondary N) is 1. The van der Waals surface area contributed by atoms with Crippen LogP contribution in [0.25, 0.3) is 21.8 Å². The molecule has 0 saturated heterocycles. The van der Waals surface area contributed by atoms with Crippen LogP contribution in [-0.2, 0) is 0 Å². The Labute approximate surface area is 100 Å². The summed E-state index contributed by atoms with van der Waals surface area (Å²) in [6.45, 7) is 0. The summed E-state index contributed by atoms with van der Waals surface area (Å²) in [7, 11) is 0. The van der Waals surface area contributed by atoms with Gasteiger partial charge in [0, 0.05) is 26.3 Å². The molecule has 2 aromatic carbocycles. The second kappa shape index (κ2) is 3.26. The van der Waals surface area contributed by atoms with E-state index >= 15 is 0 Å². The number of rotatable bonds is 0. The molecule has 0 radical (unpaired) electrons. The van der Waals surface area contributed by atoms with Gasteiger partial charge in [0.05, 0.1) is 5.02 Å². The third-order valence-corrected chi connectivity index (χ3v) is 3.74. The molecule has 0 aliphatic heterocycles. The van der Waals surface area contributed by atoms with Crippen molar-refractivity contribution < 1.29 is 0 Å². The fraction of sp³-hybridized carbons (Fsp3) is 0.